The van der Waals surface area contributed by atoms with Crippen molar-refractivity contribution in [1.82, 2.24) is 0 Å². The Morgan fingerprint density at radius 3 is 1.74 bits per heavy atom. The maximum absolute atomic E-state index is 5.31. The van der Waals surface area contributed by atoms with Crippen LogP contribution in [0.1, 0.15) is 24.5 Å². The van der Waals surface area contributed by atoms with Crippen molar-refractivity contribution in [2.45, 2.75) is 23.3 Å². The van der Waals surface area contributed by atoms with Gasteiger partial charge < -0.3 is 9.47 Å². The topological polar surface area (TPSA) is 18.5 Å². The van der Waals surface area contributed by atoms with Crippen molar-refractivity contribution in [3.63, 3.8) is 0 Å². The lowest BCUT2D eigenvalue weighted by atomic mass is 9.86. The molecule has 0 aliphatic carbocycles. The maximum atomic E-state index is 5.31. The van der Waals surface area contributed by atoms with E-state index < -0.39 is 0 Å². The van der Waals surface area contributed by atoms with Gasteiger partial charge in [-0.1, -0.05) is 36.4 Å². The molecule has 3 rings (SSSR count). The predicted octanol–water partition coefficient (Wildman–Crippen LogP) is 5.03. The highest BCUT2D eigenvalue weighted by atomic mass is 32.2. The molecule has 3 heteroatoms. The number of hydrogen-bond acceptors (Lipinski definition) is 3. The number of thioether (sulfide) groups is 1. The first-order chi connectivity index (χ1) is 11.2. The van der Waals surface area contributed by atoms with E-state index in [2.05, 4.69) is 43.3 Å². The molecule has 0 aromatic heterocycles. The number of rotatable bonds is 4. The molecule has 1 heterocycles. The first-order valence-corrected chi connectivity index (χ1v) is 8.69. The number of methoxy groups -OCH3 is 2. The minimum absolute atomic E-state index is 0.0628. The molecule has 2 nitrogen and oxygen atoms in total. The van der Waals surface area contributed by atoms with E-state index in [9.17, 15) is 0 Å². The van der Waals surface area contributed by atoms with Gasteiger partial charge in [0.25, 0.3) is 0 Å². The van der Waals surface area contributed by atoms with Crippen LogP contribution >= 0.6 is 11.8 Å². The van der Waals surface area contributed by atoms with Crippen LogP contribution in [0.25, 0.3) is 0 Å². The lowest BCUT2D eigenvalue weighted by Gasteiger charge is -2.38. The van der Waals surface area contributed by atoms with Crippen LogP contribution in [-0.4, -0.2) is 19.5 Å². The number of allylic oxidation sites excluding steroid dienone is 1. The fourth-order valence-electron chi connectivity index (χ4n) is 3.09. The Kier molecular flexibility index (Phi) is 4.67. The van der Waals surface area contributed by atoms with Gasteiger partial charge in [-0.2, -0.15) is 0 Å². The minimum Gasteiger partial charge on any atom is -0.497 e. The molecule has 0 spiro atoms. The molecule has 1 atom stereocenters. The highest BCUT2D eigenvalue weighted by molar-refractivity contribution is 8.01. The molecular formula is C20H22O2S. The largest absolute Gasteiger partial charge is 0.497 e. The highest BCUT2D eigenvalue weighted by Gasteiger charge is 2.37. The van der Waals surface area contributed by atoms with Gasteiger partial charge in [0.1, 0.15) is 11.5 Å². The minimum atomic E-state index is -0.0628. The summed E-state index contributed by atoms with van der Waals surface area (Å²) in [5.74, 6) is 1.78. The van der Waals surface area contributed by atoms with Gasteiger partial charge in [0.05, 0.1) is 19.0 Å². The second kappa shape index (κ2) is 6.71. The fraction of sp³-hybridized carbons (Fsp3) is 0.300. The van der Waals surface area contributed by atoms with Crippen LogP contribution in [0.15, 0.2) is 60.7 Å². The Labute approximate surface area is 142 Å². The second-order valence-electron chi connectivity index (χ2n) is 5.74. The Hall–Kier alpha value is -1.87. The molecule has 0 amide bonds. The van der Waals surface area contributed by atoms with Gasteiger partial charge in [-0.3, -0.25) is 0 Å². The SMILES string of the molecule is COc1ccc(C2(c3ccc(OC)cc3)CC=CC(C)S2)cc1. The Balaban J connectivity index is 2.07. The van der Waals surface area contributed by atoms with E-state index in [4.69, 9.17) is 9.47 Å². The number of ether oxygens (including phenoxy) is 2. The van der Waals surface area contributed by atoms with E-state index in [0.717, 1.165) is 17.9 Å². The third kappa shape index (κ3) is 3.11. The lowest BCUT2D eigenvalue weighted by molar-refractivity contribution is 0.414. The smallest absolute Gasteiger partial charge is 0.118 e. The molecule has 2 aromatic carbocycles. The van der Waals surface area contributed by atoms with Crippen LogP contribution in [-0.2, 0) is 4.75 Å². The van der Waals surface area contributed by atoms with Crippen molar-refractivity contribution in [3.05, 3.63) is 71.8 Å². The molecule has 120 valence electrons. The van der Waals surface area contributed by atoms with Crippen molar-refractivity contribution in [2.24, 2.45) is 0 Å². The zero-order valence-corrected chi connectivity index (χ0v) is 14.6. The third-order valence-corrected chi connectivity index (χ3v) is 5.88. The van der Waals surface area contributed by atoms with E-state index in [-0.39, 0.29) is 4.75 Å². The summed E-state index contributed by atoms with van der Waals surface area (Å²) < 4.78 is 10.6. The Bertz CT molecular complexity index is 626. The zero-order valence-electron chi connectivity index (χ0n) is 13.8. The summed E-state index contributed by atoms with van der Waals surface area (Å²) in [5.41, 5.74) is 2.62. The van der Waals surface area contributed by atoms with Crippen LogP contribution in [0.2, 0.25) is 0 Å². The van der Waals surface area contributed by atoms with Gasteiger partial charge in [0, 0.05) is 5.25 Å². The summed E-state index contributed by atoms with van der Waals surface area (Å²) in [4.78, 5) is 0. The van der Waals surface area contributed by atoms with Crippen LogP contribution in [0.3, 0.4) is 0 Å². The second-order valence-corrected chi connectivity index (χ2v) is 7.42. The van der Waals surface area contributed by atoms with E-state index in [1.165, 1.54) is 11.1 Å². The van der Waals surface area contributed by atoms with E-state index in [1.54, 1.807) is 14.2 Å². The van der Waals surface area contributed by atoms with Crippen molar-refractivity contribution < 1.29 is 9.47 Å². The van der Waals surface area contributed by atoms with E-state index in [0.29, 0.717) is 5.25 Å². The first-order valence-electron chi connectivity index (χ1n) is 7.81. The van der Waals surface area contributed by atoms with Gasteiger partial charge in [-0.05, 0) is 48.7 Å². The first kappa shape index (κ1) is 16.0. The Morgan fingerprint density at radius 2 is 1.35 bits per heavy atom. The molecule has 0 bridgehead atoms. The summed E-state index contributed by atoms with van der Waals surface area (Å²) in [6, 6.07) is 16.9. The molecule has 0 N–H and O–H groups in total. The molecule has 1 aliphatic heterocycles. The number of hydrogen-bond donors (Lipinski definition) is 0. The van der Waals surface area contributed by atoms with Crippen LogP contribution < -0.4 is 9.47 Å². The van der Waals surface area contributed by atoms with Crippen molar-refractivity contribution in [1.29, 1.82) is 0 Å². The summed E-state index contributed by atoms with van der Waals surface area (Å²) >= 11 is 2.00. The van der Waals surface area contributed by atoms with E-state index >= 15 is 0 Å². The average Bonchev–Trinajstić information content (AvgIpc) is 2.62. The average molecular weight is 326 g/mol. The monoisotopic (exact) mass is 326 g/mol. The standard InChI is InChI=1S/C20H22O2S/c1-15-5-4-14-20(23-15,16-6-10-18(21-2)11-7-16)17-8-12-19(22-3)13-9-17/h4-13,15H,14H2,1-3H3. The molecule has 23 heavy (non-hydrogen) atoms. The fourth-order valence-corrected chi connectivity index (χ4v) is 4.65. The van der Waals surface area contributed by atoms with Gasteiger partial charge >= 0.3 is 0 Å². The summed E-state index contributed by atoms with van der Waals surface area (Å²) in [6.07, 6.45) is 5.58. The van der Waals surface area contributed by atoms with Crippen molar-refractivity contribution in [3.8, 4) is 11.5 Å². The molecule has 0 fully saturated rings. The molecule has 0 radical (unpaired) electrons. The lowest BCUT2D eigenvalue weighted by Crippen LogP contribution is -2.27. The molecule has 1 aliphatic rings. The van der Waals surface area contributed by atoms with Gasteiger partial charge in [-0.15, -0.1) is 11.8 Å². The van der Waals surface area contributed by atoms with Crippen molar-refractivity contribution in [2.75, 3.05) is 14.2 Å². The van der Waals surface area contributed by atoms with Crippen LogP contribution in [0, 0.1) is 0 Å². The molecule has 0 saturated carbocycles. The highest BCUT2D eigenvalue weighted by Crippen LogP contribution is 2.50. The predicted molar refractivity (Wildman–Crippen MR) is 97.6 cm³/mol. The van der Waals surface area contributed by atoms with Crippen LogP contribution in [0.5, 0.6) is 11.5 Å². The van der Waals surface area contributed by atoms with Gasteiger partial charge in [-0.25, -0.2) is 0 Å². The van der Waals surface area contributed by atoms with E-state index in [1.807, 2.05) is 36.0 Å². The zero-order chi connectivity index (χ0) is 16.3. The van der Waals surface area contributed by atoms with Crippen LogP contribution in [0.4, 0.5) is 0 Å². The molecule has 2 aromatic rings. The third-order valence-electron chi connectivity index (χ3n) is 4.31. The normalized spacial score (nSPS) is 19.3. The summed E-state index contributed by atoms with van der Waals surface area (Å²) in [5, 5.41) is 0.480. The van der Waals surface area contributed by atoms with Gasteiger partial charge in [0.15, 0.2) is 0 Å². The molecule has 0 saturated heterocycles. The van der Waals surface area contributed by atoms with Gasteiger partial charge in [0.2, 0.25) is 0 Å². The quantitative estimate of drug-likeness (QED) is 0.734. The molecule has 1 unspecified atom stereocenters. The summed E-state index contributed by atoms with van der Waals surface area (Å²) in [7, 11) is 3.41. The van der Waals surface area contributed by atoms with Crippen molar-refractivity contribution >= 4 is 11.8 Å². The molecular weight excluding hydrogens is 304 g/mol. The Morgan fingerprint density at radius 1 is 0.870 bits per heavy atom. The maximum Gasteiger partial charge on any atom is 0.118 e. The summed E-state index contributed by atoms with van der Waals surface area (Å²) in [6.45, 7) is 2.25. The number of benzene rings is 2.